The van der Waals surface area contributed by atoms with Crippen molar-refractivity contribution in [3.63, 3.8) is 0 Å². The number of hydrogen-bond donors (Lipinski definition) is 2. The molecule has 0 spiro atoms. The highest BCUT2D eigenvalue weighted by Crippen LogP contribution is 2.15. The van der Waals surface area contributed by atoms with Gasteiger partial charge in [-0.3, -0.25) is 0 Å². The highest BCUT2D eigenvalue weighted by Gasteiger charge is 2.10. The first kappa shape index (κ1) is 17.0. The standard InChI is InChI=1S/C17H30N2O/c1-3-5-13-19(17-9-7-6-8-10-17)14-11-16(15-20)18-12-4-2/h6-10,16,18,20H,3-5,11-15H2,1-2H3. The van der Waals surface area contributed by atoms with Gasteiger partial charge in [0, 0.05) is 24.8 Å². The second kappa shape index (κ2) is 10.7. The molecule has 3 heteroatoms. The summed E-state index contributed by atoms with van der Waals surface area (Å²) in [6.45, 7) is 7.65. The van der Waals surface area contributed by atoms with E-state index in [1.54, 1.807) is 0 Å². The molecule has 0 heterocycles. The van der Waals surface area contributed by atoms with Gasteiger partial charge in [0.2, 0.25) is 0 Å². The van der Waals surface area contributed by atoms with Crippen molar-refractivity contribution in [3.8, 4) is 0 Å². The molecule has 1 unspecified atom stereocenters. The Morgan fingerprint density at radius 2 is 1.85 bits per heavy atom. The molecule has 1 rings (SSSR count). The van der Waals surface area contributed by atoms with E-state index in [0.717, 1.165) is 32.5 Å². The van der Waals surface area contributed by atoms with Gasteiger partial charge >= 0.3 is 0 Å². The smallest absolute Gasteiger partial charge is 0.0585 e. The quantitative estimate of drug-likeness (QED) is 0.653. The molecule has 0 aliphatic heterocycles. The second-order valence-electron chi connectivity index (χ2n) is 5.30. The summed E-state index contributed by atoms with van der Waals surface area (Å²) in [7, 11) is 0. The number of benzene rings is 1. The van der Waals surface area contributed by atoms with Gasteiger partial charge in [0.1, 0.15) is 0 Å². The summed E-state index contributed by atoms with van der Waals surface area (Å²) in [5.41, 5.74) is 1.29. The third kappa shape index (κ3) is 6.40. The number of hydrogen-bond acceptors (Lipinski definition) is 3. The van der Waals surface area contributed by atoms with Crippen LogP contribution in [-0.2, 0) is 0 Å². The lowest BCUT2D eigenvalue weighted by molar-refractivity contribution is 0.236. The van der Waals surface area contributed by atoms with E-state index in [1.807, 2.05) is 0 Å². The monoisotopic (exact) mass is 278 g/mol. The van der Waals surface area contributed by atoms with Crippen LogP contribution in [0.25, 0.3) is 0 Å². The molecule has 3 nitrogen and oxygen atoms in total. The molecule has 1 atom stereocenters. The summed E-state index contributed by atoms with van der Waals surface area (Å²) in [5.74, 6) is 0. The number of nitrogens with zero attached hydrogens (tertiary/aromatic N) is 1. The molecule has 0 aromatic heterocycles. The van der Waals surface area contributed by atoms with Crippen LogP contribution in [0.5, 0.6) is 0 Å². The van der Waals surface area contributed by atoms with E-state index in [4.69, 9.17) is 0 Å². The SMILES string of the molecule is CCCCN(CCC(CO)NCCC)c1ccccc1. The van der Waals surface area contributed by atoms with Crippen molar-refractivity contribution in [2.75, 3.05) is 31.1 Å². The van der Waals surface area contributed by atoms with Crippen molar-refractivity contribution < 1.29 is 5.11 Å². The molecule has 0 aliphatic carbocycles. The first-order valence-corrected chi connectivity index (χ1v) is 7.96. The van der Waals surface area contributed by atoms with Crippen LogP contribution in [-0.4, -0.2) is 37.4 Å². The van der Waals surface area contributed by atoms with Crippen LogP contribution in [0.3, 0.4) is 0 Å². The Morgan fingerprint density at radius 1 is 1.10 bits per heavy atom. The zero-order valence-electron chi connectivity index (χ0n) is 13.0. The Labute approximate surface area is 124 Å². The number of aliphatic hydroxyl groups excluding tert-OH is 1. The molecule has 0 saturated carbocycles. The molecular formula is C17H30N2O. The van der Waals surface area contributed by atoms with Crippen molar-refractivity contribution in [2.24, 2.45) is 0 Å². The van der Waals surface area contributed by atoms with Crippen molar-refractivity contribution in [1.82, 2.24) is 5.32 Å². The number of aliphatic hydroxyl groups is 1. The highest BCUT2D eigenvalue weighted by molar-refractivity contribution is 5.45. The van der Waals surface area contributed by atoms with E-state index in [1.165, 1.54) is 18.5 Å². The van der Waals surface area contributed by atoms with E-state index in [0.29, 0.717) is 0 Å². The first-order chi connectivity index (χ1) is 9.81. The van der Waals surface area contributed by atoms with Gasteiger partial charge in [0.25, 0.3) is 0 Å². The van der Waals surface area contributed by atoms with E-state index < -0.39 is 0 Å². The highest BCUT2D eigenvalue weighted by atomic mass is 16.3. The third-order valence-corrected chi connectivity index (χ3v) is 3.55. The summed E-state index contributed by atoms with van der Waals surface area (Å²) >= 11 is 0. The predicted molar refractivity (Wildman–Crippen MR) is 87.3 cm³/mol. The van der Waals surface area contributed by atoms with Crippen LogP contribution in [0.4, 0.5) is 5.69 Å². The molecular weight excluding hydrogens is 248 g/mol. The van der Waals surface area contributed by atoms with Crippen molar-refractivity contribution >= 4 is 5.69 Å². The van der Waals surface area contributed by atoms with Gasteiger partial charge in [-0.05, 0) is 37.9 Å². The number of rotatable bonds is 11. The average Bonchev–Trinajstić information content (AvgIpc) is 2.51. The molecule has 1 aromatic rings. The van der Waals surface area contributed by atoms with E-state index in [2.05, 4.69) is 54.4 Å². The largest absolute Gasteiger partial charge is 0.395 e. The number of nitrogens with one attached hydrogen (secondary N) is 1. The summed E-state index contributed by atoms with van der Waals surface area (Å²) < 4.78 is 0. The van der Waals surface area contributed by atoms with Crippen LogP contribution < -0.4 is 10.2 Å². The molecule has 20 heavy (non-hydrogen) atoms. The minimum absolute atomic E-state index is 0.211. The molecule has 0 amide bonds. The van der Waals surface area contributed by atoms with Crippen LogP contribution >= 0.6 is 0 Å². The Hall–Kier alpha value is -1.06. The van der Waals surface area contributed by atoms with Gasteiger partial charge in [-0.15, -0.1) is 0 Å². The summed E-state index contributed by atoms with van der Waals surface area (Å²) in [5, 5.41) is 12.8. The average molecular weight is 278 g/mol. The molecule has 114 valence electrons. The number of unbranched alkanes of at least 4 members (excludes halogenated alkanes) is 1. The lowest BCUT2D eigenvalue weighted by atomic mass is 10.1. The van der Waals surface area contributed by atoms with Gasteiger partial charge in [-0.2, -0.15) is 0 Å². The zero-order valence-corrected chi connectivity index (χ0v) is 13.0. The van der Waals surface area contributed by atoms with Gasteiger partial charge in [0.15, 0.2) is 0 Å². The molecule has 0 fully saturated rings. The second-order valence-corrected chi connectivity index (χ2v) is 5.30. The van der Waals surface area contributed by atoms with Gasteiger partial charge < -0.3 is 15.3 Å². The number of para-hydroxylation sites is 1. The normalized spacial score (nSPS) is 12.3. The molecule has 1 aromatic carbocycles. The molecule has 0 bridgehead atoms. The predicted octanol–water partition coefficient (Wildman–Crippen LogP) is 3.04. The lowest BCUT2D eigenvalue weighted by Crippen LogP contribution is -2.37. The lowest BCUT2D eigenvalue weighted by Gasteiger charge is -2.27. The van der Waals surface area contributed by atoms with Gasteiger partial charge in [0.05, 0.1) is 6.61 Å². The molecule has 0 aliphatic rings. The Kier molecular flexibility index (Phi) is 9.09. The van der Waals surface area contributed by atoms with Crippen LogP contribution in [0.1, 0.15) is 39.5 Å². The topological polar surface area (TPSA) is 35.5 Å². The Bertz CT molecular complexity index is 329. The molecule has 0 radical (unpaired) electrons. The Morgan fingerprint density at radius 3 is 2.45 bits per heavy atom. The fourth-order valence-corrected chi connectivity index (χ4v) is 2.28. The third-order valence-electron chi connectivity index (χ3n) is 3.55. The molecule has 0 saturated heterocycles. The van der Waals surface area contributed by atoms with Gasteiger partial charge in [-0.1, -0.05) is 38.5 Å². The van der Waals surface area contributed by atoms with Crippen LogP contribution in [0, 0.1) is 0 Å². The Balaban J connectivity index is 2.51. The first-order valence-electron chi connectivity index (χ1n) is 7.96. The zero-order chi connectivity index (χ0) is 14.6. The van der Waals surface area contributed by atoms with E-state index in [9.17, 15) is 5.11 Å². The fourth-order valence-electron chi connectivity index (χ4n) is 2.28. The summed E-state index contributed by atoms with van der Waals surface area (Å²) in [6, 6.07) is 10.8. The maximum atomic E-state index is 9.43. The minimum Gasteiger partial charge on any atom is -0.395 e. The van der Waals surface area contributed by atoms with E-state index >= 15 is 0 Å². The maximum absolute atomic E-state index is 9.43. The van der Waals surface area contributed by atoms with Crippen molar-refractivity contribution in [1.29, 1.82) is 0 Å². The maximum Gasteiger partial charge on any atom is 0.0585 e. The minimum atomic E-state index is 0.211. The fraction of sp³-hybridized carbons (Fsp3) is 0.647. The van der Waals surface area contributed by atoms with Crippen molar-refractivity contribution in [2.45, 2.75) is 45.6 Å². The van der Waals surface area contributed by atoms with Crippen molar-refractivity contribution in [3.05, 3.63) is 30.3 Å². The van der Waals surface area contributed by atoms with Crippen LogP contribution in [0.15, 0.2) is 30.3 Å². The summed E-state index contributed by atoms with van der Waals surface area (Å²) in [6.07, 6.45) is 4.51. The van der Waals surface area contributed by atoms with Crippen LogP contribution in [0.2, 0.25) is 0 Å². The molecule has 2 N–H and O–H groups in total. The van der Waals surface area contributed by atoms with Gasteiger partial charge in [-0.25, -0.2) is 0 Å². The number of anilines is 1. The summed E-state index contributed by atoms with van der Waals surface area (Å²) in [4.78, 5) is 2.43. The van der Waals surface area contributed by atoms with E-state index in [-0.39, 0.29) is 12.6 Å².